The summed E-state index contributed by atoms with van der Waals surface area (Å²) < 4.78 is 5.66. The highest BCUT2D eigenvalue weighted by molar-refractivity contribution is 5.96. The van der Waals surface area contributed by atoms with Crippen LogP contribution in [0.2, 0.25) is 0 Å². The maximum atomic E-state index is 12.9. The Morgan fingerprint density at radius 1 is 1.36 bits per heavy atom. The molecule has 1 aliphatic rings. The van der Waals surface area contributed by atoms with Crippen LogP contribution >= 0.6 is 0 Å². The SMILES string of the molecule is Cc1ccc(-c2cccc(C(=O)N3CCO[C@H](CCN)C3)c2)c(N)n1. The molecule has 3 rings (SSSR count). The van der Waals surface area contributed by atoms with Gasteiger partial charge >= 0.3 is 0 Å². The summed E-state index contributed by atoms with van der Waals surface area (Å²) in [5.41, 5.74) is 14.9. The molecule has 1 amide bonds. The molecule has 1 atom stereocenters. The number of nitrogens with two attached hydrogens (primary N) is 2. The second-order valence-corrected chi connectivity index (χ2v) is 6.29. The van der Waals surface area contributed by atoms with E-state index >= 15 is 0 Å². The van der Waals surface area contributed by atoms with Crippen LogP contribution in [-0.4, -0.2) is 48.1 Å². The number of amides is 1. The molecule has 1 aliphatic heterocycles. The van der Waals surface area contributed by atoms with Crippen LogP contribution < -0.4 is 11.5 Å². The lowest BCUT2D eigenvalue weighted by Gasteiger charge is -2.33. The van der Waals surface area contributed by atoms with Gasteiger partial charge in [-0.05, 0) is 49.7 Å². The molecule has 0 saturated carbocycles. The normalized spacial score (nSPS) is 17.5. The van der Waals surface area contributed by atoms with Crippen LogP contribution in [0.25, 0.3) is 11.1 Å². The van der Waals surface area contributed by atoms with Crippen molar-refractivity contribution >= 4 is 11.7 Å². The predicted octanol–water partition coefficient (Wildman–Crippen LogP) is 1.83. The molecule has 0 spiro atoms. The van der Waals surface area contributed by atoms with Gasteiger partial charge in [0.15, 0.2) is 0 Å². The van der Waals surface area contributed by atoms with Gasteiger partial charge in [0.2, 0.25) is 0 Å². The number of benzene rings is 1. The number of nitrogen functional groups attached to an aromatic ring is 1. The van der Waals surface area contributed by atoms with Crippen molar-refractivity contribution in [3.8, 4) is 11.1 Å². The van der Waals surface area contributed by atoms with Gasteiger partial charge in [-0.25, -0.2) is 4.98 Å². The summed E-state index contributed by atoms with van der Waals surface area (Å²) in [7, 11) is 0. The van der Waals surface area contributed by atoms with Crippen LogP contribution in [0.15, 0.2) is 36.4 Å². The summed E-state index contributed by atoms with van der Waals surface area (Å²) in [6, 6.07) is 11.4. The summed E-state index contributed by atoms with van der Waals surface area (Å²) in [5.74, 6) is 0.477. The third kappa shape index (κ3) is 3.97. The molecule has 1 fully saturated rings. The Balaban J connectivity index is 1.82. The lowest BCUT2D eigenvalue weighted by molar-refractivity contribution is -0.0236. The van der Waals surface area contributed by atoms with Crippen molar-refractivity contribution in [2.75, 3.05) is 32.0 Å². The summed E-state index contributed by atoms with van der Waals surface area (Å²) >= 11 is 0. The lowest BCUT2D eigenvalue weighted by Crippen LogP contribution is -2.46. The molecule has 2 aromatic rings. The van der Waals surface area contributed by atoms with E-state index in [1.807, 2.05) is 48.2 Å². The van der Waals surface area contributed by atoms with E-state index in [4.69, 9.17) is 16.2 Å². The zero-order valence-corrected chi connectivity index (χ0v) is 14.4. The first-order valence-electron chi connectivity index (χ1n) is 8.53. The first kappa shape index (κ1) is 17.4. The minimum atomic E-state index is 0.00538. The molecule has 0 aliphatic carbocycles. The molecule has 1 saturated heterocycles. The number of hydrogen-bond acceptors (Lipinski definition) is 5. The monoisotopic (exact) mass is 340 g/mol. The lowest BCUT2D eigenvalue weighted by atomic mass is 10.0. The largest absolute Gasteiger partial charge is 0.383 e. The van der Waals surface area contributed by atoms with Crippen molar-refractivity contribution < 1.29 is 9.53 Å². The van der Waals surface area contributed by atoms with Gasteiger partial charge in [0, 0.05) is 29.9 Å². The second kappa shape index (κ2) is 7.63. The Labute approximate surface area is 147 Å². The van der Waals surface area contributed by atoms with Crippen LogP contribution in [0.4, 0.5) is 5.82 Å². The number of ether oxygens (including phenoxy) is 1. The van der Waals surface area contributed by atoms with E-state index in [2.05, 4.69) is 4.98 Å². The maximum absolute atomic E-state index is 12.9. The number of nitrogens with zero attached hydrogens (tertiary/aromatic N) is 2. The molecule has 2 heterocycles. The molecule has 6 heteroatoms. The molecule has 0 unspecified atom stereocenters. The minimum Gasteiger partial charge on any atom is -0.383 e. The molecule has 1 aromatic carbocycles. The van der Waals surface area contributed by atoms with Crippen molar-refractivity contribution in [3.05, 3.63) is 47.7 Å². The van der Waals surface area contributed by atoms with Crippen LogP contribution in [0, 0.1) is 6.92 Å². The fraction of sp³-hybridized carbons (Fsp3) is 0.368. The van der Waals surface area contributed by atoms with E-state index in [-0.39, 0.29) is 12.0 Å². The highest BCUT2D eigenvalue weighted by atomic mass is 16.5. The van der Waals surface area contributed by atoms with E-state index in [0.29, 0.717) is 37.6 Å². The Morgan fingerprint density at radius 2 is 2.20 bits per heavy atom. The van der Waals surface area contributed by atoms with E-state index in [9.17, 15) is 4.79 Å². The summed E-state index contributed by atoms with van der Waals surface area (Å²) in [4.78, 5) is 19.0. The number of rotatable bonds is 4. The fourth-order valence-corrected chi connectivity index (χ4v) is 3.09. The maximum Gasteiger partial charge on any atom is 0.254 e. The Bertz CT molecular complexity index is 761. The van der Waals surface area contributed by atoms with E-state index in [1.165, 1.54) is 0 Å². The van der Waals surface area contributed by atoms with Crippen molar-refractivity contribution in [1.82, 2.24) is 9.88 Å². The van der Waals surface area contributed by atoms with Gasteiger partial charge in [0.25, 0.3) is 5.91 Å². The number of carbonyl (C=O) groups is 1. The number of aryl methyl sites for hydroxylation is 1. The minimum absolute atomic E-state index is 0.00538. The van der Waals surface area contributed by atoms with E-state index < -0.39 is 0 Å². The van der Waals surface area contributed by atoms with Gasteiger partial charge in [-0.1, -0.05) is 12.1 Å². The number of aromatic nitrogens is 1. The van der Waals surface area contributed by atoms with E-state index in [0.717, 1.165) is 23.2 Å². The summed E-state index contributed by atoms with van der Waals surface area (Å²) in [6.07, 6.45) is 0.776. The van der Waals surface area contributed by atoms with Crippen LogP contribution in [0.1, 0.15) is 22.5 Å². The molecule has 6 nitrogen and oxygen atoms in total. The molecule has 0 radical (unpaired) electrons. The van der Waals surface area contributed by atoms with Gasteiger partial charge < -0.3 is 21.1 Å². The number of anilines is 1. The quantitative estimate of drug-likeness (QED) is 0.885. The van der Waals surface area contributed by atoms with Crippen LogP contribution in [0.3, 0.4) is 0 Å². The van der Waals surface area contributed by atoms with Gasteiger partial charge in [0.05, 0.1) is 12.7 Å². The molecular weight excluding hydrogens is 316 g/mol. The average molecular weight is 340 g/mol. The second-order valence-electron chi connectivity index (χ2n) is 6.29. The fourth-order valence-electron chi connectivity index (χ4n) is 3.09. The van der Waals surface area contributed by atoms with Gasteiger partial charge in [-0.2, -0.15) is 0 Å². The Kier molecular flexibility index (Phi) is 5.31. The number of hydrogen-bond donors (Lipinski definition) is 2. The highest BCUT2D eigenvalue weighted by Gasteiger charge is 2.24. The molecule has 4 N–H and O–H groups in total. The molecule has 132 valence electrons. The number of carbonyl (C=O) groups excluding carboxylic acids is 1. The highest BCUT2D eigenvalue weighted by Crippen LogP contribution is 2.26. The standard InChI is InChI=1S/C19H24N4O2/c1-13-5-6-17(18(21)22-13)14-3-2-4-15(11-14)19(24)23-9-10-25-16(12-23)7-8-20/h2-6,11,16H,7-10,12,20H2,1H3,(H2,21,22)/t16-/m1/s1. The molecule has 25 heavy (non-hydrogen) atoms. The molecular formula is C19H24N4O2. The Morgan fingerprint density at radius 3 is 2.96 bits per heavy atom. The van der Waals surface area contributed by atoms with Gasteiger partial charge in [0.1, 0.15) is 5.82 Å². The summed E-state index contributed by atoms with van der Waals surface area (Å²) in [6.45, 7) is 4.18. The van der Waals surface area contributed by atoms with Gasteiger partial charge in [-0.15, -0.1) is 0 Å². The van der Waals surface area contributed by atoms with Crippen molar-refractivity contribution in [3.63, 3.8) is 0 Å². The number of pyridine rings is 1. The summed E-state index contributed by atoms with van der Waals surface area (Å²) in [5, 5.41) is 0. The van der Waals surface area contributed by atoms with Crippen molar-refractivity contribution in [2.24, 2.45) is 5.73 Å². The zero-order chi connectivity index (χ0) is 17.8. The van der Waals surface area contributed by atoms with Gasteiger partial charge in [-0.3, -0.25) is 4.79 Å². The van der Waals surface area contributed by atoms with Crippen LogP contribution in [-0.2, 0) is 4.74 Å². The number of morpholine rings is 1. The van der Waals surface area contributed by atoms with Crippen LogP contribution in [0.5, 0.6) is 0 Å². The third-order valence-corrected chi connectivity index (χ3v) is 4.40. The van der Waals surface area contributed by atoms with Crippen molar-refractivity contribution in [2.45, 2.75) is 19.4 Å². The molecule has 1 aromatic heterocycles. The Hall–Kier alpha value is -2.44. The third-order valence-electron chi connectivity index (χ3n) is 4.40. The smallest absolute Gasteiger partial charge is 0.254 e. The predicted molar refractivity (Wildman–Crippen MR) is 98.1 cm³/mol. The topological polar surface area (TPSA) is 94.5 Å². The molecule has 0 bridgehead atoms. The first-order chi connectivity index (χ1) is 12.1. The van der Waals surface area contributed by atoms with E-state index in [1.54, 1.807) is 0 Å². The zero-order valence-electron chi connectivity index (χ0n) is 14.4. The van der Waals surface area contributed by atoms with Crippen molar-refractivity contribution in [1.29, 1.82) is 0 Å². The average Bonchev–Trinajstić information content (AvgIpc) is 2.62. The first-order valence-corrected chi connectivity index (χ1v) is 8.53.